The molecule has 0 amide bonds. The summed E-state index contributed by atoms with van der Waals surface area (Å²) in [5.41, 5.74) is 2.18. The Balaban J connectivity index is 1.54. The van der Waals surface area contributed by atoms with Crippen molar-refractivity contribution in [2.75, 3.05) is 13.1 Å². The van der Waals surface area contributed by atoms with Crippen LogP contribution >= 0.6 is 11.8 Å². The van der Waals surface area contributed by atoms with Crippen LogP contribution in [-0.2, 0) is 18.8 Å². The van der Waals surface area contributed by atoms with Gasteiger partial charge >= 0.3 is 0 Å². The molecule has 1 aliphatic rings. The number of halogens is 1. The molecule has 0 atom stereocenters. The number of rotatable bonds is 7. The number of hydrogen-bond donors (Lipinski definition) is 0. The molecule has 1 aliphatic heterocycles. The van der Waals surface area contributed by atoms with Gasteiger partial charge in [-0.3, -0.25) is 4.90 Å². The maximum atomic E-state index is 13.4. The first kappa shape index (κ1) is 18.2. The Labute approximate surface area is 163 Å². The van der Waals surface area contributed by atoms with Gasteiger partial charge in [-0.05, 0) is 49.2 Å². The van der Waals surface area contributed by atoms with Crippen LogP contribution < -0.4 is 0 Å². The minimum Gasteiger partial charge on any atom is -0.300 e. The fraction of sp³-hybridized carbons (Fsp3) is 0.333. The lowest BCUT2D eigenvalue weighted by Gasteiger charge is -2.16. The lowest BCUT2D eigenvalue weighted by molar-refractivity contribution is 0.316. The molecule has 0 saturated carbocycles. The standard InChI is InChI=1S/C21H23FN4S/c22-19-10-6-9-18(13-19)16-27-21-24-23-20(15-25-11-4-5-12-25)26(21)14-17-7-2-1-3-8-17/h1-3,6-10,13H,4-5,11-12,14-16H2. The van der Waals surface area contributed by atoms with Crippen molar-refractivity contribution in [1.29, 1.82) is 0 Å². The van der Waals surface area contributed by atoms with E-state index in [1.54, 1.807) is 23.9 Å². The molecule has 0 aliphatic carbocycles. The van der Waals surface area contributed by atoms with Crippen LogP contribution in [0.3, 0.4) is 0 Å². The number of likely N-dealkylation sites (tertiary alicyclic amines) is 1. The van der Waals surface area contributed by atoms with Crippen molar-refractivity contribution in [3.8, 4) is 0 Å². The predicted molar refractivity (Wildman–Crippen MR) is 106 cm³/mol. The van der Waals surface area contributed by atoms with Gasteiger partial charge in [-0.1, -0.05) is 54.2 Å². The van der Waals surface area contributed by atoms with Crippen LogP contribution in [0.5, 0.6) is 0 Å². The van der Waals surface area contributed by atoms with Crippen molar-refractivity contribution in [1.82, 2.24) is 19.7 Å². The zero-order chi connectivity index (χ0) is 18.5. The SMILES string of the molecule is Fc1cccc(CSc2nnc(CN3CCCC3)n2Cc2ccccc2)c1. The molecule has 0 bridgehead atoms. The summed E-state index contributed by atoms with van der Waals surface area (Å²) in [5, 5.41) is 9.82. The number of nitrogens with zero attached hydrogens (tertiary/aromatic N) is 4. The van der Waals surface area contributed by atoms with Gasteiger partial charge in [-0.2, -0.15) is 0 Å². The van der Waals surface area contributed by atoms with Crippen LogP contribution in [0.1, 0.15) is 29.8 Å². The highest BCUT2D eigenvalue weighted by atomic mass is 32.2. The first-order valence-electron chi connectivity index (χ1n) is 9.33. The lowest BCUT2D eigenvalue weighted by atomic mass is 10.2. The molecular weight excluding hydrogens is 359 g/mol. The molecule has 0 spiro atoms. The average molecular weight is 383 g/mol. The normalized spacial score (nSPS) is 14.7. The molecule has 6 heteroatoms. The van der Waals surface area contributed by atoms with Crippen molar-refractivity contribution in [2.45, 2.75) is 36.8 Å². The van der Waals surface area contributed by atoms with Crippen LogP contribution in [0.2, 0.25) is 0 Å². The van der Waals surface area contributed by atoms with E-state index in [4.69, 9.17) is 0 Å². The lowest BCUT2D eigenvalue weighted by Crippen LogP contribution is -2.21. The van der Waals surface area contributed by atoms with Gasteiger partial charge in [0.2, 0.25) is 0 Å². The number of benzene rings is 2. The van der Waals surface area contributed by atoms with Gasteiger partial charge < -0.3 is 4.57 Å². The molecular formula is C21H23FN4S. The Morgan fingerprint density at radius 3 is 2.44 bits per heavy atom. The number of thioether (sulfide) groups is 1. The Bertz CT molecular complexity index is 875. The highest BCUT2D eigenvalue weighted by Crippen LogP contribution is 2.24. The summed E-state index contributed by atoms with van der Waals surface area (Å²) in [4.78, 5) is 2.44. The fourth-order valence-electron chi connectivity index (χ4n) is 3.38. The van der Waals surface area contributed by atoms with Crippen molar-refractivity contribution in [3.63, 3.8) is 0 Å². The maximum absolute atomic E-state index is 13.4. The molecule has 3 aromatic rings. The summed E-state index contributed by atoms with van der Waals surface area (Å²) in [5.74, 6) is 1.48. The summed E-state index contributed by atoms with van der Waals surface area (Å²) in [7, 11) is 0. The summed E-state index contributed by atoms with van der Waals surface area (Å²) in [6.45, 7) is 3.84. The van der Waals surface area contributed by atoms with E-state index < -0.39 is 0 Å². The van der Waals surface area contributed by atoms with E-state index in [0.29, 0.717) is 5.75 Å². The fourth-order valence-corrected chi connectivity index (χ4v) is 4.28. The zero-order valence-electron chi connectivity index (χ0n) is 15.2. The van der Waals surface area contributed by atoms with Gasteiger partial charge in [0.05, 0.1) is 13.1 Å². The van der Waals surface area contributed by atoms with E-state index in [2.05, 4.69) is 43.9 Å². The zero-order valence-corrected chi connectivity index (χ0v) is 16.0. The molecule has 0 unspecified atom stereocenters. The molecule has 2 heterocycles. The Kier molecular flexibility index (Phi) is 5.84. The quantitative estimate of drug-likeness (QED) is 0.569. The average Bonchev–Trinajstić information content (AvgIpc) is 3.32. The monoisotopic (exact) mass is 382 g/mol. The second kappa shape index (κ2) is 8.67. The first-order valence-corrected chi connectivity index (χ1v) is 10.3. The molecule has 27 heavy (non-hydrogen) atoms. The summed E-state index contributed by atoms with van der Waals surface area (Å²) >= 11 is 1.61. The summed E-state index contributed by atoms with van der Waals surface area (Å²) in [6, 6.07) is 17.1. The Morgan fingerprint density at radius 1 is 0.889 bits per heavy atom. The van der Waals surface area contributed by atoms with Crippen LogP contribution in [-0.4, -0.2) is 32.8 Å². The molecule has 1 saturated heterocycles. The van der Waals surface area contributed by atoms with Crippen LogP contribution in [0.25, 0.3) is 0 Å². The third-order valence-electron chi connectivity index (χ3n) is 4.80. The van der Waals surface area contributed by atoms with E-state index in [0.717, 1.165) is 42.7 Å². The van der Waals surface area contributed by atoms with Gasteiger partial charge in [0.15, 0.2) is 5.16 Å². The van der Waals surface area contributed by atoms with Crippen molar-refractivity contribution >= 4 is 11.8 Å². The maximum Gasteiger partial charge on any atom is 0.191 e. The van der Waals surface area contributed by atoms with Gasteiger partial charge in [0.1, 0.15) is 11.6 Å². The highest BCUT2D eigenvalue weighted by molar-refractivity contribution is 7.98. The number of aromatic nitrogens is 3. The third-order valence-corrected chi connectivity index (χ3v) is 5.84. The van der Waals surface area contributed by atoms with E-state index in [1.807, 2.05) is 12.1 Å². The molecule has 4 rings (SSSR count). The second-order valence-corrected chi connectivity index (χ2v) is 7.81. The molecule has 2 aromatic carbocycles. The summed E-state index contributed by atoms with van der Waals surface area (Å²) < 4.78 is 15.6. The van der Waals surface area contributed by atoms with Crippen LogP contribution in [0, 0.1) is 5.82 Å². The molecule has 1 aromatic heterocycles. The van der Waals surface area contributed by atoms with E-state index in [1.165, 1.54) is 24.5 Å². The molecule has 140 valence electrons. The minimum atomic E-state index is -0.200. The largest absolute Gasteiger partial charge is 0.300 e. The second-order valence-electron chi connectivity index (χ2n) is 6.87. The third kappa shape index (κ3) is 4.76. The topological polar surface area (TPSA) is 34.0 Å². The summed E-state index contributed by atoms with van der Waals surface area (Å²) in [6.07, 6.45) is 2.52. The highest BCUT2D eigenvalue weighted by Gasteiger charge is 2.18. The Hall–Kier alpha value is -2.18. The van der Waals surface area contributed by atoms with Gasteiger partial charge in [-0.25, -0.2) is 4.39 Å². The van der Waals surface area contributed by atoms with Gasteiger partial charge in [0, 0.05) is 5.75 Å². The van der Waals surface area contributed by atoms with Gasteiger partial charge in [-0.15, -0.1) is 10.2 Å². The van der Waals surface area contributed by atoms with Crippen LogP contribution in [0.4, 0.5) is 4.39 Å². The Morgan fingerprint density at radius 2 is 1.67 bits per heavy atom. The molecule has 1 fully saturated rings. The van der Waals surface area contributed by atoms with E-state index in [9.17, 15) is 4.39 Å². The minimum absolute atomic E-state index is 0.200. The first-order chi connectivity index (χ1) is 13.3. The predicted octanol–water partition coefficient (Wildman–Crippen LogP) is 4.35. The van der Waals surface area contributed by atoms with Crippen molar-refractivity contribution < 1.29 is 4.39 Å². The van der Waals surface area contributed by atoms with Crippen molar-refractivity contribution in [3.05, 3.63) is 77.4 Å². The smallest absolute Gasteiger partial charge is 0.191 e. The molecule has 0 radical (unpaired) electrons. The van der Waals surface area contributed by atoms with E-state index in [-0.39, 0.29) is 5.82 Å². The van der Waals surface area contributed by atoms with Crippen LogP contribution in [0.15, 0.2) is 59.8 Å². The molecule has 0 N–H and O–H groups in total. The number of hydrogen-bond acceptors (Lipinski definition) is 4. The van der Waals surface area contributed by atoms with Gasteiger partial charge in [0.25, 0.3) is 0 Å². The molecule has 4 nitrogen and oxygen atoms in total. The van der Waals surface area contributed by atoms with E-state index >= 15 is 0 Å². The van der Waals surface area contributed by atoms with Crippen molar-refractivity contribution in [2.24, 2.45) is 0 Å².